The normalized spacial score (nSPS) is 11.9. The number of thiophene rings is 1. The fourth-order valence-electron chi connectivity index (χ4n) is 1.96. The van der Waals surface area contributed by atoms with Gasteiger partial charge in [-0.1, -0.05) is 23.7 Å². The number of hydrazone groups is 1. The fourth-order valence-corrected chi connectivity index (χ4v) is 2.69. The SMILES string of the molecule is Fc1ccc(/C=N\Nc2nc(-c3ccc(Cl)cc3)cc(C(F)(F)F)n2)s1. The van der Waals surface area contributed by atoms with Gasteiger partial charge in [0.25, 0.3) is 0 Å². The molecule has 0 spiro atoms. The summed E-state index contributed by atoms with van der Waals surface area (Å²) in [5, 5.41) is 3.81. The highest BCUT2D eigenvalue weighted by Crippen LogP contribution is 2.31. The largest absolute Gasteiger partial charge is 0.433 e. The minimum Gasteiger partial charge on any atom is -0.245 e. The number of nitrogens with one attached hydrogen (secondary N) is 1. The lowest BCUT2D eigenvalue weighted by atomic mass is 10.1. The van der Waals surface area contributed by atoms with E-state index >= 15 is 0 Å². The Labute approximate surface area is 154 Å². The van der Waals surface area contributed by atoms with Crippen LogP contribution in [0.5, 0.6) is 0 Å². The first-order valence-corrected chi connectivity index (χ1v) is 8.27. The molecule has 26 heavy (non-hydrogen) atoms. The molecule has 0 radical (unpaired) electrons. The topological polar surface area (TPSA) is 50.2 Å². The lowest BCUT2D eigenvalue weighted by Crippen LogP contribution is -2.11. The van der Waals surface area contributed by atoms with Crippen molar-refractivity contribution in [2.75, 3.05) is 5.43 Å². The number of aromatic nitrogens is 2. The molecule has 2 aromatic heterocycles. The molecule has 3 rings (SSSR count). The second kappa shape index (κ2) is 7.38. The smallest absolute Gasteiger partial charge is 0.245 e. The van der Waals surface area contributed by atoms with Gasteiger partial charge in [-0.25, -0.2) is 15.4 Å². The van der Waals surface area contributed by atoms with Crippen LogP contribution < -0.4 is 5.43 Å². The summed E-state index contributed by atoms with van der Waals surface area (Å²) in [6, 6.07) is 9.76. The van der Waals surface area contributed by atoms with Crippen molar-refractivity contribution in [1.29, 1.82) is 0 Å². The number of hydrogen-bond donors (Lipinski definition) is 1. The van der Waals surface area contributed by atoms with Crippen molar-refractivity contribution < 1.29 is 17.6 Å². The highest BCUT2D eigenvalue weighted by Gasteiger charge is 2.33. The molecule has 0 saturated carbocycles. The van der Waals surface area contributed by atoms with E-state index in [0.717, 1.165) is 17.4 Å². The van der Waals surface area contributed by atoms with Crippen LogP contribution in [-0.4, -0.2) is 16.2 Å². The monoisotopic (exact) mass is 400 g/mol. The van der Waals surface area contributed by atoms with Gasteiger partial charge in [0.1, 0.15) is 0 Å². The summed E-state index contributed by atoms with van der Waals surface area (Å²) in [6.45, 7) is 0. The maximum atomic E-state index is 13.1. The first kappa shape index (κ1) is 18.3. The van der Waals surface area contributed by atoms with Gasteiger partial charge in [-0.3, -0.25) is 0 Å². The number of hydrogen-bond acceptors (Lipinski definition) is 5. The molecule has 0 aliphatic heterocycles. The van der Waals surface area contributed by atoms with Crippen LogP contribution in [0.3, 0.4) is 0 Å². The molecule has 0 aliphatic rings. The van der Waals surface area contributed by atoms with Crippen molar-refractivity contribution in [3.8, 4) is 11.3 Å². The van der Waals surface area contributed by atoms with Crippen molar-refractivity contribution in [2.45, 2.75) is 6.18 Å². The molecule has 0 saturated heterocycles. The van der Waals surface area contributed by atoms with Crippen LogP contribution >= 0.6 is 22.9 Å². The van der Waals surface area contributed by atoms with Crippen molar-refractivity contribution in [1.82, 2.24) is 9.97 Å². The molecule has 0 bridgehead atoms. The van der Waals surface area contributed by atoms with Crippen LogP contribution in [0.15, 0.2) is 47.6 Å². The van der Waals surface area contributed by atoms with Crippen molar-refractivity contribution in [2.24, 2.45) is 5.10 Å². The molecule has 0 aliphatic carbocycles. The van der Waals surface area contributed by atoms with E-state index in [0.29, 0.717) is 15.5 Å². The van der Waals surface area contributed by atoms with Gasteiger partial charge in [-0.2, -0.15) is 22.7 Å². The summed E-state index contributed by atoms with van der Waals surface area (Å²) in [5.41, 5.74) is 1.73. The Balaban J connectivity index is 1.92. The number of alkyl halides is 3. The molecule has 3 aromatic rings. The minimum atomic E-state index is -4.65. The standard InChI is InChI=1S/C16H9ClF4N4S/c17-10-3-1-9(2-4-10)12-7-13(16(19,20)21)24-15(23-12)25-22-8-11-5-6-14(18)26-11/h1-8H,(H,23,24,25)/b22-8-. The van der Waals surface area contributed by atoms with Gasteiger partial charge < -0.3 is 0 Å². The van der Waals surface area contributed by atoms with Crippen LogP contribution in [0.2, 0.25) is 5.02 Å². The molecule has 1 N–H and O–H groups in total. The van der Waals surface area contributed by atoms with E-state index in [4.69, 9.17) is 11.6 Å². The third kappa shape index (κ3) is 4.55. The molecule has 0 fully saturated rings. The second-order valence-electron chi connectivity index (χ2n) is 4.98. The summed E-state index contributed by atoms with van der Waals surface area (Å²) in [4.78, 5) is 7.95. The van der Waals surface area contributed by atoms with Crippen molar-refractivity contribution in [3.63, 3.8) is 0 Å². The third-order valence-corrected chi connectivity index (χ3v) is 4.17. The van der Waals surface area contributed by atoms with Gasteiger partial charge in [0.2, 0.25) is 5.95 Å². The Kier molecular flexibility index (Phi) is 5.19. The molecule has 2 heterocycles. The molecule has 0 atom stereocenters. The van der Waals surface area contributed by atoms with E-state index in [-0.39, 0.29) is 11.6 Å². The quantitative estimate of drug-likeness (QED) is 0.359. The molecule has 134 valence electrons. The van der Waals surface area contributed by atoms with Crippen LogP contribution in [0.25, 0.3) is 11.3 Å². The summed E-state index contributed by atoms with van der Waals surface area (Å²) in [7, 11) is 0. The number of halogens is 5. The Morgan fingerprint density at radius 3 is 2.42 bits per heavy atom. The van der Waals surface area contributed by atoms with Crippen LogP contribution in [0, 0.1) is 5.13 Å². The Bertz CT molecular complexity index is 938. The maximum Gasteiger partial charge on any atom is 0.433 e. The highest BCUT2D eigenvalue weighted by molar-refractivity contribution is 7.12. The van der Waals surface area contributed by atoms with Crippen LogP contribution in [0.1, 0.15) is 10.6 Å². The molecule has 1 aromatic carbocycles. The maximum absolute atomic E-state index is 13.1. The molecule has 10 heteroatoms. The Hall–Kier alpha value is -2.52. The van der Waals surface area contributed by atoms with Crippen LogP contribution in [0.4, 0.5) is 23.5 Å². The predicted octanol–water partition coefficient (Wildman–Crippen LogP) is 5.46. The Morgan fingerprint density at radius 1 is 1.08 bits per heavy atom. The minimum absolute atomic E-state index is 0.0591. The lowest BCUT2D eigenvalue weighted by molar-refractivity contribution is -0.141. The molecule has 0 unspecified atom stereocenters. The summed E-state index contributed by atoms with van der Waals surface area (Å²) in [5.74, 6) is -0.335. The van der Waals surface area contributed by atoms with Gasteiger partial charge >= 0.3 is 6.18 Å². The van der Waals surface area contributed by atoms with Gasteiger partial charge in [0, 0.05) is 10.6 Å². The molecule has 4 nitrogen and oxygen atoms in total. The zero-order valence-electron chi connectivity index (χ0n) is 12.8. The average molecular weight is 401 g/mol. The molecular formula is C16H9ClF4N4S. The number of nitrogens with zero attached hydrogens (tertiary/aromatic N) is 3. The highest BCUT2D eigenvalue weighted by atomic mass is 35.5. The van der Waals surface area contributed by atoms with Crippen molar-refractivity contribution in [3.05, 3.63) is 63.2 Å². The number of anilines is 1. The van der Waals surface area contributed by atoms with E-state index in [9.17, 15) is 17.6 Å². The zero-order valence-corrected chi connectivity index (χ0v) is 14.3. The predicted molar refractivity (Wildman–Crippen MR) is 93.0 cm³/mol. The van der Waals surface area contributed by atoms with E-state index in [1.54, 1.807) is 24.3 Å². The summed E-state index contributed by atoms with van der Waals surface area (Å²) >= 11 is 6.64. The van der Waals surface area contributed by atoms with E-state index in [1.807, 2.05) is 0 Å². The van der Waals surface area contributed by atoms with Gasteiger partial charge in [0.05, 0.1) is 16.8 Å². The van der Waals surface area contributed by atoms with Gasteiger partial charge in [0.15, 0.2) is 10.8 Å². The van der Waals surface area contributed by atoms with E-state index < -0.39 is 17.0 Å². The summed E-state index contributed by atoms with van der Waals surface area (Å²) in [6.07, 6.45) is -3.39. The lowest BCUT2D eigenvalue weighted by Gasteiger charge is -2.10. The first-order valence-electron chi connectivity index (χ1n) is 7.08. The van der Waals surface area contributed by atoms with Gasteiger partial charge in [-0.05, 0) is 30.3 Å². The average Bonchev–Trinajstić information content (AvgIpc) is 3.00. The van der Waals surface area contributed by atoms with Crippen molar-refractivity contribution >= 4 is 35.1 Å². The summed E-state index contributed by atoms with van der Waals surface area (Å²) < 4.78 is 52.2. The second-order valence-corrected chi connectivity index (χ2v) is 6.48. The molecular weight excluding hydrogens is 392 g/mol. The molecule has 0 amide bonds. The van der Waals surface area contributed by atoms with Crippen LogP contribution in [-0.2, 0) is 6.18 Å². The third-order valence-electron chi connectivity index (χ3n) is 3.11. The van der Waals surface area contributed by atoms with E-state index in [1.165, 1.54) is 18.3 Å². The van der Waals surface area contributed by atoms with E-state index in [2.05, 4.69) is 20.5 Å². The Morgan fingerprint density at radius 2 is 1.81 bits per heavy atom. The zero-order chi connectivity index (χ0) is 18.7. The number of rotatable bonds is 4. The number of benzene rings is 1. The van der Waals surface area contributed by atoms with Gasteiger partial charge in [-0.15, -0.1) is 11.3 Å². The first-order chi connectivity index (χ1) is 12.3. The fraction of sp³-hybridized carbons (Fsp3) is 0.0625.